The van der Waals surface area contributed by atoms with Gasteiger partial charge in [0, 0.05) is 11.6 Å². The lowest BCUT2D eigenvalue weighted by Gasteiger charge is -2.13. The number of benzene rings is 1. The molecule has 0 amide bonds. The van der Waals surface area contributed by atoms with Gasteiger partial charge in [-0.2, -0.15) is 0 Å². The van der Waals surface area contributed by atoms with Crippen LogP contribution >= 0.6 is 12.2 Å². The molecule has 20 heavy (non-hydrogen) atoms. The van der Waals surface area contributed by atoms with Gasteiger partial charge in [0.15, 0.2) is 0 Å². The molecule has 2 aromatic rings. The number of nitrogens with one attached hydrogen (secondary N) is 1. The second kappa shape index (κ2) is 5.49. The van der Waals surface area contributed by atoms with Gasteiger partial charge >= 0.3 is 0 Å². The van der Waals surface area contributed by atoms with Crippen LogP contribution in [0.25, 0.3) is 0 Å². The first-order valence-corrected chi connectivity index (χ1v) is 7.72. The second-order valence-corrected chi connectivity index (χ2v) is 6.44. The standard InChI is InChI=1S/C17H20N2S/c1-11(2)9-13-10-16(20)19-17(18-13)15-8-7-12-5-3-4-6-14(12)15/h3-6,10-11,15H,7-9H2,1-2H3,(H,18,19,20). The minimum absolute atomic E-state index is 0.375. The van der Waals surface area contributed by atoms with Crippen molar-refractivity contribution in [2.24, 2.45) is 5.92 Å². The third kappa shape index (κ3) is 2.68. The number of aromatic nitrogens is 2. The third-order valence-electron chi connectivity index (χ3n) is 3.91. The number of aryl methyl sites for hydroxylation is 1. The van der Waals surface area contributed by atoms with Crippen molar-refractivity contribution in [2.45, 2.75) is 39.0 Å². The first kappa shape index (κ1) is 13.5. The molecule has 2 nitrogen and oxygen atoms in total. The molecule has 3 heteroatoms. The van der Waals surface area contributed by atoms with Crippen LogP contribution in [0.2, 0.25) is 0 Å². The number of hydrogen-bond acceptors (Lipinski definition) is 2. The molecule has 0 aliphatic heterocycles. The maximum atomic E-state index is 5.34. The Morgan fingerprint density at radius 1 is 1.35 bits per heavy atom. The van der Waals surface area contributed by atoms with E-state index < -0.39 is 0 Å². The molecule has 0 radical (unpaired) electrons. The fraction of sp³-hybridized carbons (Fsp3) is 0.412. The zero-order valence-corrected chi connectivity index (χ0v) is 12.8. The molecule has 0 saturated heterocycles. The number of fused-ring (bicyclic) bond motifs is 1. The molecule has 0 saturated carbocycles. The van der Waals surface area contributed by atoms with Crippen LogP contribution in [0.3, 0.4) is 0 Å². The lowest BCUT2D eigenvalue weighted by Crippen LogP contribution is -2.07. The molecule has 104 valence electrons. The predicted molar refractivity (Wildman–Crippen MR) is 84.6 cm³/mol. The summed E-state index contributed by atoms with van der Waals surface area (Å²) in [4.78, 5) is 8.10. The van der Waals surface area contributed by atoms with E-state index in [0.29, 0.717) is 16.5 Å². The lowest BCUT2D eigenvalue weighted by atomic mass is 10.00. The predicted octanol–water partition coefficient (Wildman–Crippen LogP) is 4.42. The molecule has 1 aliphatic rings. The molecule has 0 bridgehead atoms. The summed E-state index contributed by atoms with van der Waals surface area (Å²) in [6.07, 6.45) is 3.29. The summed E-state index contributed by atoms with van der Waals surface area (Å²) in [6, 6.07) is 10.7. The van der Waals surface area contributed by atoms with Gasteiger partial charge in [0.05, 0.1) is 0 Å². The van der Waals surface area contributed by atoms with Crippen molar-refractivity contribution in [1.82, 2.24) is 9.97 Å². The molecule has 0 fully saturated rings. The highest BCUT2D eigenvalue weighted by atomic mass is 32.1. The minimum Gasteiger partial charge on any atom is -0.347 e. The molecule has 1 aromatic carbocycles. The topological polar surface area (TPSA) is 28.7 Å². The molecular formula is C17H20N2S. The van der Waals surface area contributed by atoms with Crippen molar-refractivity contribution in [3.8, 4) is 0 Å². The zero-order valence-electron chi connectivity index (χ0n) is 12.0. The van der Waals surface area contributed by atoms with Gasteiger partial charge in [0.2, 0.25) is 0 Å². The summed E-state index contributed by atoms with van der Waals surface area (Å²) in [5.41, 5.74) is 4.07. The maximum absolute atomic E-state index is 5.34. The Kier molecular flexibility index (Phi) is 3.70. The van der Waals surface area contributed by atoms with Crippen LogP contribution in [0.1, 0.15) is 48.8 Å². The van der Waals surface area contributed by atoms with Crippen LogP contribution in [-0.4, -0.2) is 9.97 Å². The van der Waals surface area contributed by atoms with Gasteiger partial charge < -0.3 is 4.98 Å². The Labute approximate surface area is 125 Å². The monoisotopic (exact) mass is 284 g/mol. The molecule has 1 atom stereocenters. The number of nitrogens with zero attached hydrogens (tertiary/aromatic N) is 1. The zero-order chi connectivity index (χ0) is 14.1. The van der Waals surface area contributed by atoms with E-state index in [4.69, 9.17) is 12.2 Å². The number of rotatable bonds is 3. The highest BCUT2D eigenvalue weighted by molar-refractivity contribution is 7.71. The van der Waals surface area contributed by atoms with Crippen LogP contribution in [-0.2, 0) is 12.8 Å². The summed E-state index contributed by atoms with van der Waals surface area (Å²) < 4.78 is 0.707. The molecule has 1 N–H and O–H groups in total. The van der Waals surface area contributed by atoms with Gasteiger partial charge in [0.25, 0.3) is 0 Å². The van der Waals surface area contributed by atoms with Gasteiger partial charge in [-0.25, -0.2) is 4.98 Å². The Balaban J connectivity index is 1.99. The van der Waals surface area contributed by atoms with Crippen molar-refractivity contribution in [3.05, 3.63) is 57.6 Å². The fourth-order valence-corrected chi connectivity index (χ4v) is 3.33. The van der Waals surface area contributed by atoms with E-state index >= 15 is 0 Å². The van der Waals surface area contributed by atoms with Crippen LogP contribution in [0.4, 0.5) is 0 Å². The summed E-state index contributed by atoms with van der Waals surface area (Å²) in [5, 5.41) is 0. The van der Waals surface area contributed by atoms with E-state index in [1.165, 1.54) is 16.8 Å². The van der Waals surface area contributed by atoms with Crippen molar-refractivity contribution in [3.63, 3.8) is 0 Å². The van der Waals surface area contributed by atoms with E-state index in [-0.39, 0.29) is 0 Å². The van der Waals surface area contributed by atoms with E-state index in [1.807, 2.05) is 6.07 Å². The molecular weight excluding hydrogens is 264 g/mol. The van der Waals surface area contributed by atoms with Crippen molar-refractivity contribution >= 4 is 12.2 Å². The Bertz CT molecular complexity index is 673. The maximum Gasteiger partial charge on any atom is 0.130 e. The van der Waals surface area contributed by atoms with Crippen LogP contribution < -0.4 is 0 Å². The highest BCUT2D eigenvalue weighted by Crippen LogP contribution is 2.36. The second-order valence-electron chi connectivity index (χ2n) is 6.02. The van der Waals surface area contributed by atoms with Crippen molar-refractivity contribution in [1.29, 1.82) is 0 Å². The Morgan fingerprint density at radius 2 is 2.15 bits per heavy atom. The van der Waals surface area contributed by atoms with E-state index in [9.17, 15) is 0 Å². The van der Waals surface area contributed by atoms with Crippen LogP contribution in [0, 0.1) is 10.6 Å². The summed E-state index contributed by atoms with van der Waals surface area (Å²) >= 11 is 5.34. The highest BCUT2D eigenvalue weighted by Gasteiger charge is 2.25. The van der Waals surface area contributed by atoms with E-state index in [1.54, 1.807) is 0 Å². The largest absolute Gasteiger partial charge is 0.347 e. The van der Waals surface area contributed by atoms with E-state index in [2.05, 4.69) is 48.1 Å². The average Bonchev–Trinajstić information content (AvgIpc) is 2.80. The Morgan fingerprint density at radius 3 is 2.95 bits per heavy atom. The van der Waals surface area contributed by atoms with Crippen molar-refractivity contribution in [2.75, 3.05) is 0 Å². The molecule has 1 unspecified atom stereocenters. The van der Waals surface area contributed by atoms with Gasteiger partial charge in [-0.15, -0.1) is 0 Å². The quantitative estimate of drug-likeness (QED) is 0.845. The first-order valence-electron chi connectivity index (χ1n) is 7.31. The number of H-pyrrole nitrogens is 1. The SMILES string of the molecule is CC(C)Cc1cc(=S)nc(C2CCc3ccccc32)[nH]1. The number of aromatic amines is 1. The summed E-state index contributed by atoms with van der Waals surface area (Å²) in [5.74, 6) is 2.03. The molecule has 1 heterocycles. The third-order valence-corrected chi connectivity index (χ3v) is 4.12. The molecule has 1 aliphatic carbocycles. The first-order chi connectivity index (χ1) is 9.63. The molecule has 0 spiro atoms. The molecule has 1 aromatic heterocycles. The van der Waals surface area contributed by atoms with Crippen LogP contribution in [0.5, 0.6) is 0 Å². The lowest BCUT2D eigenvalue weighted by molar-refractivity contribution is 0.623. The smallest absolute Gasteiger partial charge is 0.130 e. The van der Waals surface area contributed by atoms with Gasteiger partial charge in [-0.05, 0) is 42.4 Å². The summed E-state index contributed by atoms with van der Waals surface area (Å²) in [6.45, 7) is 4.45. The van der Waals surface area contributed by atoms with Gasteiger partial charge in [-0.1, -0.05) is 50.3 Å². The number of hydrogen-bond donors (Lipinski definition) is 1. The van der Waals surface area contributed by atoms with Gasteiger partial charge in [0.1, 0.15) is 10.5 Å². The average molecular weight is 284 g/mol. The normalized spacial score (nSPS) is 17.4. The van der Waals surface area contributed by atoms with E-state index in [0.717, 1.165) is 25.1 Å². The fourth-order valence-electron chi connectivity index (χ4n) is 3.08. The van der Waals surface area contributed by atoms with Crippen molar-refractivity contribution < 1.29 is 0 Å². The van der Waals surface area contributed by atoms with Crippen LogP contribution in [0.15, 0.2) is 30.3 Å². The minimum atomic E-state index is 0.375. The summed E-state index contributed by atoms with van der Waals surface area (Å²) in [7, 11) is 0. The Hall–Kier alpha value is -1.48. The van der Waals surface area contributed by atoms with Gasteiger partial charge in [-0.3, -0.25) is 0 Å². The molecule has 3 rings (SSSR count).